The second kappa shape index (κ2) is 7.68. The van der Waals surface area contributed by atoms with E-state index in [4.69, 9.17) is 18.6 Å². The third-order valence-corrected chi connectivity index (χ3v) is 5.30. The van der Waals surface area contributed by atoms with Crippen molar-refractivity contribution in [2.24, 2.45) is 0 Å². The molecule has 7 heteroatoms. The molecule has 7 nitrogen and oxygen atoms in total. The third kappa shape index (κ3) is 3.54. The minimum atomic E-state index is -0.139. The van der Waals surface area contributed by atoms with Crippen molar-refractivity contribution in [2.45, 2.75) is 13.0 Å². The molecule has 4 aromatic rings. The van der Waals surface area contributed by atoms with E-state index in [-0.39, 0.29) is 18.3 Å². The van der Waals surface area contributed by atoms with E-state index in [2.05, 4.69) is 10.3 Å². The van der Waals surface area contributed by atoms with E-state index in [0.29, 0.717) is 39.4 Å². The van der Waals surface area contributed by atoms with E-state index in [1.165, 1.54) is 6.26 Å². The minimum Gasteiger partial charge on any atom is -0.497 e. The summed E-state index contributed by atoms with van der Waals surface area (Å²) in [6.07, 6.45) is 3.01. The molecule has 31 heavy (non-hydrogen) atoms. The molecular formula is C24H20N2O5. The lowest BCUT2D eigenvalue weighted by Crippen LogP contribution is -2.10. The van der Waals surface area contributed by atoms with Crippen LogP contribution in [0.25, 0.3) is 22.1 Å². The van der Waals surface area contributed by atoms with Crippen LogP contribution < -0.4 is 25.0 Å². The molecule has 0 saturated carbocycles. The van der Waals surface area contributed by atoms with Gasteiger partial charge in [-0.25, -0.2) is 4.98 Å². The zero-order valence-electron chi connectivity index (χ0n) is 17.0. The lowest BCUT2D eigenvalue weighted by molar-refractivity contribution is 0.174. The highest BCUT2D eigenvalue weighted by atomic mass is 16.7. The van der Waals surface area contributed by atoms with Gasteiger partial charge in [0.15, 0.2) is 17.1 Å². The van der Waals surface area contributed by atoms with Gasteiger partial charge in [0.05, 0.1) is 30.3 Å². The molecular weight excluding hydrogens is 396 g/mol. The molecule has 0 saturated heterocycles. The quantitative estimate of drug-likeness (QED) is 0.502. The molecule has 0 aliphatic carbocycles. The Morgan fingerprint density at radius 2 is 1.97 bits per heavy atom. The van der Waals surface area contributed by atoms with Crippen LogP contribution in [0.5, 0.6) is 17.2 Å². The van der Waals surface area contributed by atoms with Crippen LogP contribution in [0.2, 0.25) is 0 Å². The van der Waals surface area contributed by atoms with Crippen molar-refractivity contribution < 1.29 is 18.6 Å². The molecule has 0 spiro atoms. The lowest BCUT2D eigenvalue weighted by atomic mass is 10.1. The Labute approximate surface area is 178 Å². The van der Waals surface area contributed by atoms with Gasteiger partial charge >= 0.3 is 0 Å². The van der Waals surface area contributed by atoms with Crippen molar-refractivity contribution in [1.82, 2.24) is 4.98 Å². The van der Waals surface area contributed by atoms with E-state index in [1.54, 1.807) is 31.5 Å². The maximum Gasteiger partial charge on any atom is 0.231 e. The second-order valence-corrected chi connectivity index (χ2v) is 7.25. The Kier molecular flexibility index (Phi) is 4.71. The number of methoxy groups -OCH3 is 1. The number of anilines is 1. The summed E-state index contributed by atoms with van der Waals surface area (Å²) in [5.74, 6) is 2.64. The molecule has 1 aliphatic heterocycles. The number of fused-ring (bicyclic) bond motifs is 2. The molecule has 3 heterocycles. The van der Waals surface area contributed by atoms with Crippen LogP contribution in [0.3, 0.4) is 0 Å². The number of benzene rings is 2. The fraction of sp³-hybridized carbons (Fsp3) is 0.167. The first-order chi connectivity index (χ1) is 15.1. The largest absolute Gasteiger partial charge is 0.497 e. The van der Waals surface area contributed by atoms with Crippen LogP contribution in [-0.2, 0) is 0 Å². The fourth-order valence-electron chi connectivity index (χ4n) is 3.59. The number of aromatic nitrogens is 1. The predicted molar refractivity (Wildman–Crippen MR) is 117 cm³/mol. The van der Waals surface area contributed by atoms with E-state index in [0.717, 1.165) is 11.3 Å². The number of rotatable bonds is 5. The van der Waals surface area contributed by atoms with Crippen molar-refractivity contribution >= 4 is 16.8 Å². The van der Waals surface area contributed by atoms with Crippen LogP contribution in [0.1, 0.15) is 18.5 Å². The topological polar surface area (TPSA) is 82.8 Å². The number of nitrogens with zero attached hydrogens (tertiary/aromatic N) is 1. The number of hydrogen-bond acceptors (Lipinski definition) is 7. The molecule has 0 radical (unpaired) electrons. The number of hydrogen-bond donors (Lipinski definition) is 1. The number of ether oxygens (including phenoxy) is 3. The van der Waals surface area contributed by atoms with Gasteiger partial charge in [0, 0.05) is 0 Å². The number of pyridine rings is 1. The van der Waals surface area contributed by atoms with Crippen molar-refractivity contribution in [1.29, 1.82) is 0 Å². The molecule has 0 fully saturated rings. The van der Waals surface area contributed by atoms with Crippen LogP contribution >= 0.6 is 0 Å². The smallest absolute Gasteiger partial charge is 0.231 e. The van der Waals surface area contributed by atoms with Gasteiger partial charge in [-0.05, 0) is 48.4 Å². The molecule has 1 N–H and O–H groups in total. The molecule has 2 aromatic carbocycles. The lowest BCUT2D eigenvalue weighted by Gasteiger charge is -2.16. The Morgan fingerprint density at radius 1 is 1.10 bits per heavy atom. The Hall–Kier alpha value is -4.00. The SMILES string of the molecule is COc1cccc([C@H](C)Nc2cc3c(=O)c(-c4ccc5c(c4)OCO5)coc3cn2)c1. The Bertz CT molecular complexity index is 1330. The third-order valence-electron chi connectivity index (χ3n) is 5.30. The van der Waals surface area contributed by atoms with Gasteiger partial charge < -0.3 is 23.9 Å². The van der Waals surface area contributed by atoms with Crippen molar-refractivity contribution in [3.8, 4) is 28.4 Å². The van der Waals surface area contributed by atoms with Crippen LogP contribution in [-0.4, -0.2) is 18.9 Å². The Balaban J connectivity index is 1.49. The zero-order chi connectivity index (χ0) is 21.4. The first kappa shape index (κ1) is 19.0. The van der Waals surface area contributed by atoms with E-state index in [1.807, 2.05) is 37.3 Å². The standard InChI is InChI=1S/C24H20N2O5/c1-14(15-4-3-5-17(8-15)28-2)26-23-10-18-22(11-25-23)29-12-19(24(18)27)16-6-7-20-21(9-16)31-13-30-20/h3-12,14H,13H2,1-2H3,(H,25,26)/t14-/m0/s1. The van der Waals surface area contributed by atoms with E-state index in [9.17, 15) is 4.79 Å². The van der Waals surface area contributed by atoms with Gasteiger partial charge in [-0.1, -0.05) is 18.2 Å². The summed E-state index contributed by atoms with van der Waals surface area (Å²) in [5, 5.41) is 3.79. The van der Waals surface area contributed by atoms with Gasteiger partial charge in [0.25, 0.3) is 0 Å². The monoisotopic (exact) mass is 416 g/mol. The van der Waals surface area contributed by atoms with E-state index < -0.39 is 0 Å². The van der Waals surface area contributed by atoms with Crippen LogP contribution in [0.15, 0.2) is 70.2 Å². The molecule has 156 valence electrons. The molecule has 1 atom stereocenters. The molecule has 2 aromatic heterocycles. The maximum atomic E-state index is 13.2. The summed E-state index contributed by atoms with van der Waals surface area (Å²) >= 11 is 0. The van der Waals surface area contributed by atoms with E-state index >= 15 is 0 Å². The van der Waals surface area contributed by atoms with Crippen molar-refractivity contribution in [2.75, 3.05) is 19.2 Å². The molecule has 0 bridgehead atoms. The average Bonchev–Trinajstić information content (AvgIpc) is 3.27. The minimum absolute atomic E-state index is 0.0378. The average molecular weight is 416 g/mol. The van der Waals surface area contributed by atoms with Crippen LogP contribution in [0, 0.1) is 0 Å². The zero-order valence-corrected chi connectivity index (χ0v) is 17.0. The highest BCUT2D eigenvalue weighted by molar-refractivity contribution is 5.83. The highest BCUT2D eigenvalue weighted by Crippen LogP contribution is 2.35. The van der Waals surface area contributed by atoms with Gasteiger partial charge in [0.1, 0.15) is 17.8 Å². The molecule has 5 rings (SSSR count). The first-order valence-corrected chi connectivity index (χ1v) is 9.84. The normalized spacial score (nSPS) is 13.2. The van der Waals surface area contributed by atoms with Crippen molar-refractivity contribution in [3.63, 3.8) is 0 Å². The fourth-order valence-corrected chi connectivity index (χ4v) is 3.59. The molecule has 0 amide bonds. The summed E-state index contributed by atoms with van der Waals surface area (Å²) in [6.45, 7) is 2.20. The second-order valence-electron chi connectivity index (χ2n) is 7.25. The van der Waals surface area contributed by atoms with Gasteiger partial charge in [-0.15, -0.1) is 0 Å². The van der Waals surface area contributed by atoms with Crippen LogP contribution in [0.4, 0.5) is 5.82 Å². The molecule has 0 unspecified atom stereocenters. The summed E-state index contributed by atoms with van der Waals surface area (Å²) in [5.41, 5.74) is 2.48. The predicted octanol–water partition coefficient (Wildman–Crippen LogP) is 4.77. The van der Waals surface area contributed by atoms with Crippen molar-refractivity contribution in [3.05, 3.63) is 76.8 Å². The summed E-state index contributed by atoms with van der Waals surface area (Å²) in [7, 11) is 1.64. The first-order valence-electron chi connectivity index (χ1n) is 9.84. The van der Waals surface area contributed by atoms with Gasteiger partial charge in [-0.3, -0.25) is 4.79 Å². The van der Waals surface area contributed by atoms with Gasteiger partial charge in [0.2, 0.25) is 12.2 Å². The van der Waals surface area contributed by atoms with Gasteiger partial charge in [-0.2, -0.15) is 0 Å². The highest BCUT2D eigenvalue weighted by Gasteiger charge is 2.17. The summed E-state index contributed by atoms with van der Waals surface area (Å²) in [4.78, 5) is 17.6. The molecule has 1 aliphatic rings. The Morgan fingerprint density at radius 3 is 2.84 bits per heavy atom. The summed E-state index contributed by atoms with van der Waals surface area (Å²) < 4.78 is 21.8. The number of nitrogens with one attached hydrogen (secondary N) is 1. The maximum absolute atomic E-state index is 13.2. The summed E-state index contributed by atoms with van der Waals surface area (Å²) in [6, 6.07) is 14.9.